The Kier molecular flexibility index (Phi) is 7.43. The van der Waals surface area contributed by atoms with E-state index in [1.54, 1.807) is 48.4 Å². The zero-order chi connectivity index (χ0) is 21.5. The Morgan fingerprint density at radius 1 is 1.07 bits per heavy atom. The van der Waals surface area contributed by atoms with Gasteiger partial charge in [-0.3, -0.25) is 9.69 Å². The topological polar surface area (TPSA) is 55.8 Å². The molecule has 1 heterocycles. The van der Waals surface area contributed by atoms with Gasteiger partial charge in [0, 0.05) is 12.6 Å². The Hall–Kier alpha value is -2.90. The summed E-state index contributed by atoms with van der Waals surface area (Å²) in [5, 5.41) is 0. The summed E-state index contributed by atoms with van der Waals surface area (Å²) in [7, 11) is 1.60. The van der Waals surface area contributed by atoms with Crippen LogP contribution in [0.15, 0.2) is 59.5 Å². The largest absolute Gasteiger partial charge is 0.497 e. The highest BCUT2D eigenvalue weighted by Gasteiger charge is 2.31. The van der Waals surface area contributed by atoms with Crippen molar-refractivity contribution in [3.8, 4) is 11.5 Å². The van der Waals surface area contributed by atoms with Gasteiger partial charge in [0.15, 0.2) is 0 Å². The second kappa shape index (κ2) is 10.2. The summed E-state index contributed by atoms with van der Waals surface area (Å²) in [6, 6.07) is 14.3. The van der Waals surface area contributed by atoms with Gasteiger partial charge < -0.3 is 9.47 Å². The fourth-order valence-corrected chi connectivity index (χ4v) is 4.04. The zero-order valence-electron chi connectivity index (χ0n) is 16.7. The summed E-state index contributed by atoms with van der Waals surface area (Å²) in [6.45, 7) is 2.63. The molecule has 30 heavy (non-hydrogen) atoms. The van der Waals surface area contributed by atoms with Crippen LogP contribution in [0.1, 0.15) is 24.5 Å². The van der Waals surface area contributed by atoms with Gasteiger partial charge in [0.1, 0.15) is 15.8 Å². The van der Waals surface area contributed by atoms with Crippen molar-refractivity contribution in [3.63, 3.8) is 0 Å². The molecular weight excluding hydrogens is 418 g/mol. The average Bonchev–Trinajstić information content (AvgIpc) is 3.01. The minimum atomic E-state index is -0.473. The van der Waals surface area contributed by atoms with Crippen molar-refractivity contribution in [2.45, 2.75) is 13.3 Å². The molecule has 154 valence electrons. The first kappa shape index (κ1) is 21.8. The molecule has 7 heteroatoms. The minimum Gasteiger partial charge on any atom is -0.497 e. The number of thiocarbonyl (C=S) groups is 1. The number of hydrogen-bond acceptors (Lipinski definition) is 6. The standard InChI is InChI=1S/C23H21NO4S2/c1-3-14-24-22(26)20(30-23(24)29)15-17-6-11-19(12-7-17)28-21(25)13-8-16-4-9-18(27-2)10-5-16/h4-13,15H,3,14H2,1-2H3. The summed E-state index contributed by atoms with van der Waals surface area (Å²) in [6.07, 6.45) is 5.69. The molecule has 1 fully saturated rings. The predicted molar refractivity (Wildman–Crippen MR) is 124 cm³/mol. The summed E-state index contributed by atoms with van der Waals surface area (Å²) < 4.78 is 11.0. The van der Waals surface area contributed by atoms with Crippen molar-refractivity contribution < 1.29 is 19.1 Å². The second-order valence-corrected chi connectivity index (χ2v) is 8.11. The fraction of sp³-hybridized carbons (Fsp3) is 0.174. The molecule has 0 N–H and O–H groups in total. The van der Waals surface area contributed by atoms with E-state index >= 15 is 0 Å². The van der Waals surface area contributed by atoms with Gasteiger partial charge in [0.05, 0.1) is 12.0 Å². The molecule has 1 amide bonds. The van der Waals surface area contributed by atoms with Gasteiger partial charge >= 0.3 is 5.97 Å². The number of carbonyl (C=O) groups is 2. The highest BCUT2D eigenvalue weighted by atomic mass is 32.2. The van der Waals surface area contributed by atoms with Crippen LogP contribution >= 0.6 is 24.0 Å². The Balaban J connectivity index is 1.60. The lowest BCUT2D eigenvalue weighted by Gasteiger charge is -2.11. The molecule has 0 bridgehead atoms. The molecule has 1 saturated heterocycles. The zero-order valence-corrected chi connectivity index (χ0v) is 18.3. The molecule has 0 spiro atoms. The van der Waals surface area contributed by atoms with E-state index in [2.05, 4.69) is 0 Å². The number of nitrogens with zero attached hydrogens (tertiary/aromatic N) is 1. The number of rotatable bonds is 7. The molecule has 2 aromatic carbocycles. The van der Waals surface area contributed by atoms with Crippen LogP contribution in [-0.4, -0.2) is 34.8 Å². The highest BCUT2D eigenvalue weighted by molar-refractivity contribution is 8.26. The van der Waals surface area contributed by atoms with Crippen LogP contribution in [0.25, 0.3) is 12.2 Å². The van der Waals surface area contributed by atoms with Crippen LogP contribution in [0, 0.1) is 0 Å². The van der Waals surface area contributed by atoms with Crippen molar-refractivity contribution >= 4 is 52.3 Å². The molecule has 1 aliphatic rings. The normalized spacial score (nSPS) is 15.3. The number of methoxy groups -OCH3 is 1. The molecule has 2 aromatic rings. The van der Waals surface area contributed by atoms with Crippen LogP contribution in [0.4, 0.5) is 0 Å². The Bertz CT molecular complexity index is 995. The van der Waals surface area contributed by atoms with Gasteiger partial charge in [-0.15, -0.1) is 0 Å². The maximum absolute atomic E-state index is 12.4. The Labute approximate surface area is 185 Å². The van der Waals surface area contributed by atoms with Crippen molar-refractivity contribution in [2.75, 3.05) is 13.7 Å². The van der Waals surface area contributed by atoms with E-state index in [9.17, 15) is 9.59 Å². The first-order chi connectivity index (χ1) is 14.5. The second-order valence-electron chi connectivity index (χ2n) is 6.43. The number of hydrogen-bond donors (Lipinski definition) is 0. The SMILES string of the molecule is CCCN1C(=O)C(=Cc2ccc(OC(=O)C=Cc3ccc(OC)cc3)cc2)SC1=S. The fourth-order valence-electron chi connectivity index (χ4n) is 2.73. The van der Waals surface area contributed by atoms with Gasteiger partial charge in [-0.1, -0.05) is 55.2 Å². The van der Waals surface area contributed by atoms with Gasteiger partial charge in [-0.25, -0.2) is 4.79 Å². The van der Waals surface area contributed by atoms with E-state index in [-0.39, 0.29) is 5.91 Å². The maximum Gasteiger partial charge on any atom is 0.336 e. The van der Waals surface area contributed by atoms with Gasteiger partial charge in [0.2, 0.25) is 0 Å². The van der Waals surface area contributed by atoms with Crippen molar-refractivity contribution in [3.05, 3.63) is 70.6 Å². The number of carbonyl (C=O) groups excluding carboxylic acids is 2. The molecule has 0 aliphatic carbocycles. The molecule has 0 atom stereocenters. The Morgan fingerprint density at radius 2 is 1.70 bits per heavy atom. The molecule has 0 aromatic heterocycles. The number of ether oxygens (including phenoxy) is 2. The van der Waals surface area contributed by atoms with Crippen LogP contribution in [0.3, 0.4) is 0 Å². The monoisotopic (exact) mass is 439 g/mol. The summed E-state index contributed by atoms with van der Waals surface area (Å²) in [5.74, 6) is 0.641. The number of thioether (sulfide) groups is 1. The van der Waals surface area contributed by atoms with Crippen molar-refractivity contribution in [1.82, 2.24) is 4.90 Å². The van der Waals surface area contributed by atoms with E-state index in [1.807, 2.05) is 31.2 Å². The highest BCUT2D eigenvalue weighted by Crippen LogP contribution is 2.32. The minimum absolute atomic E-state index is 0.0639. The number of benzene rings is 2. The lowest BCUT2D eigenvalue weighted by atomic mass is 10.2. The number of amides is 1. The first-order valence-electron chi connectivity index (χ1n) is 9.39. The summed E-state index contributed by atoms with van der Waals surface area (Å²) >= 11 is 6.58. The summed E-state index contributed by atoms with van der Waals surface area (Å²) in [4.78, 5) is 26.7. The maximum atomic E-state index is 12.4. The Morgan fingerprint density at radius 3 is 2.33 bits per heavy atom. The molecule has 3 rings (SSSR count). The third kappa shape index (κ3) is 5.58. The van der Waals surface area contributed by atoms with Crippen LogP contribution in [0.5, 0.6) is 11.5 Å². The van der Waals surface area contributed by atoms with Crippen LogP contribution < -0.4 is 9.47 Å². The molecular formula is C23H21NO4S2. The molecule has 0 saturated carbocycles. The van der Waals surface area contributed by atoms with Crippen LogP contribution in [-0.2, 0) is 9.59 Å². The van der Waals surface area contributed by atoms with E-state index in [0.717, 1.165) is 23.3 Å². The third-order valence-electron chi connectivity index (χ3n) is 4.24. The van der Waals surface area contributed by atoms with E-state index < -0.39 is 5.97 Å². The van der Waals surface area contributed by atoms with Gasteiger partial charge in [-0.2, -0.15) is 0 Å². The third-order valence-corrected chi connectivity index (χ3v) is 5.62. The average molecular weight is 440 g/mol. The first-order valence-corrected chi connectivity index (χ1v) is 10.6. The summed E-state index contributed by atoms with van der Waals surface area (Å²) in [5.41, 5.74) is 1.70. The molecule has 0 unspecified atom stereocenters. The number of esters is 1. The van der Waals surface area contributed by atoms with Crippen molar-refractivity contribution in [1.29, 1.82) is 0 Å². The van der Waals surface area contributed by atoms with Crippen molar-refractivity contribution in [2.24, 2.45) is 0 Å². The smallest absolute Gasteiger partial charge is 0.336 e. The lowest BCUT2D eigenvalue weighted by molar-refractivity contribution is -0.129. The van der Waals surface area contributed by atoms with E-state index in [4.69, 9.17) is 21.7 Å². The molecule has 0 radical (unpaired) electrons. The molecule has 1 aliphatic heterocycles. The molecule has 5 nitrogen and oxygen atoms in total. The predicted octanol–water partition coefficient (Wildman–Crippen LogP) is 4.93. The van der Waals surface area contributed by atoms with E-state index in [0.29, 0.717) is 21.5 Å². The van der Waals surface area contributed by atoms with Gasteiger partial charge in [0.25, 0.3) is 5.91 Å². The quantitative estimate of drug-likeness (QED) is 0.264. The van der Waals surface area contributed by atoms with E-state index in [1.165, 1.54) is 17.8 Å². The van der Waals surface area contributed by atoms with Crippen LogP contribution in [0.2, 0.25) is 0 Å². The van der Waals surface area contributed by atoms with Gasteiger partial charge in [-0.05, 0) is 54.0 Å². The lowest BCUT2D eigenvalue weighted by Crippen LogP contribution is -2.28.